The molecule has 1 saturated carbocycles. The Balaban J connectivity index is 2.15. The Morgan fingerprint density at radius 1 is 1.60 bits per heavy atom. The summed E-state index contributed by atoms with van der Waals surface area (Å²) in [6, 6.07) is 0. The van der Waals surface area contributed by atoms with Crippen LogP contribution in [0.5, 0.6) is 0 Å². The smallest absolute Gasteiger partial charge is 0.236 e. The number of hydrogen-bond acceptors (Lipinski definition) is 2. The number of carbonyl (C=O) groups excluding carboxylic acids is 1. The monoisotopic (exact) mass is 140 g/mol. The summed E-state index contributed by atoms with van der Waals surface area (Å²) in [6.45, 7) is 1.52. The van der Waals surface area contributed by atoms with E-state index in [9.17, 15) is 4.79 Å². The highest BCUT2D eigenvalue weighted by Gasteiger charge is 2.49. The molecule has 1 spiro atoms. The molecule has 0 unspecified atom stereocenters. The molecule has 1 amide bonds. The summed E-state index contributed by atoms with van der Waals surface area (Å²) >= 11 is 0. The minimum atomic E-state index is 0.231. The molecule has 1 N–H and O–H groups in total. The normalized spacial score (nSPS) is 29.3. The molecule has 10 heavy (non-hydrogen) atoms. The van der Waals surface area contributed by atoms with Crippen molar-refractivity contribution in [1.82, 2.24) is 10.2 Å². The zero-order valence-electron chi connectivity index (χ0n) is 6.18. The Hall–Kier alpha value is -0.570. The molecule has 1 aliphatic heterocycles. The highest BCUT2D eigenvalue weighted by molar-refractivity contribution is 5.80. The molecule has 2 aliphatic rings. The molecule has 2 rings (SSSR count). The average Bonchev–Trinajstić information content (AvgIpc) is 2.65. The topological polar surface area (TPSA) is 32.3 Å². The lowest BCUT2D eigenvalue weighted by Gasteiger charge is -2.33. The lowest BCUT2D eigenvalue weighted by Crippen LogP contribution is -2.54. The number of nitrogens with one attached hydrogen (secondary N) is 1. The van der Waals surface area contributed by atoms with Crippen molar-refractivity contribution in [2.24, 2.45) is 0 Å². The van der Waals surface area contributed by atoms with Gasteiger partial charge in [0.1, 0.15) is 0 Å². The molecule has 0 atom stereocenters. The van der Waals surface area contributed by atoms with E-state index < -0.39 is 0 Å². The van der Waals surface area contributed by atoms with Gasteiger partial charge in [-0.15, -0.1) is 0 Å². The van der Waals surface area contributed by atoms with E-state index in [1.54, 1.807) is 0 Å². The molecular formula is C7H12N2O. The van der Waals surface area contributed by atoms with Gasteiger partial charge in [-0.05, 0) is 12.8 Å². The minimum absolute atomic E-state index is 0.231. The van der Waals surface area contributed by atoms with Gasteiger partial charge in [0.2, 0.25) is 5.91 Å². The maximum Gasteiger partial charge on any atom is 0.236 e. The molecule has 1 saturated heterocycles. The Bertz CT molecular complexity index is 174. The van der Waals surface area contributed by atoms with Crippen molar-refractivity contribution in [1.29, 1.82) is 0 Å². The van der Waals surface area contributed by atoms with E-state index in [2.05, 4.69) is 5.32 Å². The number of nitrogens with zero attached hydrogens (tertiary/aromatic N) is 1. The fourth-order valence-electron chi connectivity index (χ4n) is 1.56. The molecule has 3 nitrogen and oxygen atoms in total. The molecule has 2 fully saturated rings. The zero-order valence-corrected chi connectivity index (χ0v) is 6.18. The van der Waals surface area contributed by atoms with Crippen molar-refractivity contribution in [3.8, 4) is 0 Å². The number of amides is 1. The van der Waals surface area contributed by atoms with Crippen LogP contribution in [0.4, 0.5) is 0 Å². The van der Waals surface area contributed by atoms with Crippen LogP contribution in [0.1, 0.15) is 12.8 Å². The number of carbonyl (C=O) groups is 1. The van der Waals surface area contributed by atoms with E-state index in [0.29, 0.717) is 6.54 Å². The van der Waals surface area contributed by atoms with Crippen LogP contribution in [0.2, 0.25) is 0 Å². The molecule has 0 aromatic rings. The fraction of sp³-hybridized carbons (Fsp3) is 0.857. The van der Waals surface area contributed by atoms with Gasteiger partial charge in [0.15, 0.2) is 0 Å². The van der Waals surface area contributed by atoms with Crippen molar-refractivity contribution >= 4 is 5.91 Å². The first-order valence-corrected chi connectivity index (χ1v) is 3.72. The molecule has 0 aromatic heterocycles. The Morgan fingerprint density at radius 2 is 2.30 bits per heavy atom. The van der Waals surface area contributed by atoms with Gasteiger partial charge >= 0.3 is 0 Å². The van der Waals surface area contributed by atoms with Gasteiger partial charge in [-0.3, -0.25) is 4.79 Å². The van der Waals surface area contributed by atoms with E-state index in [0.717, 1.165) is 6.54 Å². The second-order valence-electron chi connectivity index (χ2n) is 3.28. The third kappa shape index (κ3) is 0.669. The molecule has 0 radical (unpaired) electrons. The summed E-state index contributed by atoms with van der Waals surface area (Å²) < 4.78 is 0. The first-order chi connectivity index (χ1) is 4.75. The molecule has 3 heteroatoms. The Morgan fingerprint density at radius 3 is 2.80 bits per heavy atom. The Labute approximate surface area is 60.4 Å². The van der Waals surface area contributed by atoms with Gasteiger partial charge in [-0.1, -0.05) is 0 Å². The summed E-state index contributed by atoms with van der Waals surface area (Å²) in [7, 11) is 1.91. The average molecular weight is 140 g/mol. The summed E-state index contributed by atoms with van der Waals surface area (Å²) in [6.07, 6.45) is 2.37. The van der Waals surface area contributed by atoms with E-state index in [-0.39, 0.29) is 11.4 Å². The second-order valence-corrected chi connectivity index (χ2v) is 3.28. The largest absolute Gasteiger partial charge is 0.338 e. The molecular weight excluding hydrogens is 128 g/mol. The SMILES string of the molecule is CN1C(=O)CNCC12CC2. The maximum atomic E-state index is 11.1. The molecule has 0 bridgehead atoms. The summed E-state index contributed by atoms with van der Waals surface area (Å²) in [4.78, 5) is 13.0. The van der Waals surface area contributed by atoms with E-state index in [1.807, 2.05) is 11.9 Å². The van der Waals surface area contributed by atoms with E-state index in [1.165, 1.54) is 12.8 Å². The lowest BCUT2D eigenvalue weighted by atomic mass is 10.2. The van der Waals surface area contributed by atoms with Crippen LogP contribution < -0.4 is 5.32 Å². The highest BCUT2D eigenvalue weighted by atomic mass is 16.2. The van der Waals surface area contributed by atoms with Gasteiger partial charge in [-0.2, -0.15) is 0 Å². The van der Waals surface area contributed by atoms with Crippen LogP contribution >= 0.6 is 0 Å². The Kier molecular flexibility index (Phi) is 1.06. The standard InChI is InChI=1S/C7H12N2O/c1-9-6(10)4-8-5-7(9)2-3-7/h8H,2-5H2,1H3. The lowest BCUT2D eigenvalue weighted by molar-refractivity contribution is -0.134. The van der Waals surface area contributed by atoms with Crippen molar-refractivity contribution in [2.75, 3.05) is 20.1 Å². The van der Waals surface area contributed by atoms with Gasteiger partial charge < -0.3 is 10.2 Å². The van der Waals surface area contributed by atoms with Crippen molar-refractivity contribution in [3.05, 3.63) is 0 Å². The summed E-state index contributed by atoms with van der Waals surface area (Å²) in [5.74, 6) is 0.240. The first kappa shape index (κ1) is 6.16. The van der Waals surface area contributed by atoms with Crippen LogP contribution in [0.15, 0.2) is 0 Å². The van der Waals surface area contributed by atoms with Crippen molar-refractivity contribution in [3.63, 3.8) is 0 Å². The molecule has 56 valence electrons. The van der Waals surface area contributed by atoms with E-state index in [4.69, 9.17) is 0 Å². The predicted molar refractivity (Wildman–Crippen MR) is 37.6 cm³/mol. The van der Waals surface area contributed by atoms with Crippen LogP contribution in [0.3, 0.4) is 0 Å². The number of hydrogen-bond donors (Lipinski definition) is 1. The summed E-state index contributed by atoms with van der Waals surface area (Å²) in [5, 5.41) is 3.13. The van der Waals surface area contributed by atoms with Crippen LogP contribution in [-0.2, 0) is 4.79 Å². The molecule has 0 aromatic carbocycles. The number of likely N-dealkylation sites (N-methyl/N-ethyl adjacent to an activating group) is 1. The minimum Gasteiger partial charge on any atom is -0.338 e. The summed E-state index contributed by atoms with van der Waals surface area (Å²) in [5.41, 5.74) is 0.231. The van der Waals surface area contributed by atoms with E-state index >= 15 is 0 Å². The van der Waals surface area contributed by atoms with Gasteiger partial charge in [0, 0.05) is 13.6 Å². The number of piperazine rings is 1. The predicted octanol–water partition coefficient (Wildman–Crippen LogP) is -0.419. The number of rotatable bonds is 0. The van der Waals surface area contributed by atoms with Crippen LogP contribution in [0, 0.1) is 0 Å². The fourth-order valence-corrected chi connectivity index (χ4v) is 1.56. The van der Waals surface area contributed by atoms with Gasteiger partial charge in [-0.25, -0.2) is 0 Å². The zero-order chi connectivity index (χ0) is 7.19. The second kappa shape index (κ2) is 1.72. The third-order valence-electron chi connectivity index (χ3n) is 2.64. The van der Waals surface area contributed by atoms with Crippen molar-refractivity contribution in [2.45, 2.75) is 18.4 Å². The van der Waals surface area contributed by atoms with Gasteiger partial charge in [0.05, 0.1) is 12.1 Å². The molecule has 1 heterocycles. The van der Waals surface area contributed by atoms with Crippen LogP contribution in [-0.4, -0.2) is 36.5 Å². The first-order valence-electron chi connectivity index (χ1n) is 3.72. The van der Waals surface area contributed by atoms with Gasteiger partial charge in [0.25, 0.3) is 0 Å². The van der Waals surface area contributed by atoms with Crippen molar-refractivity contribution < 1.29 is 4.79 Å². The molecule has 1 aliphatic carbocycles. The van der Waals surface area contributed by atoms with Crippen LogP contribution in [0.25, 0.3) is 0 Å². The maximum absolute atomic E-state index is 11.1. The third-order valence-corrected chi connectivity index (χ3v) is 2.64. The quantitative estimate of drug-likeness (QED) is 0.495. The highest BCUT2D eigenvalue weighted by Crippen LogP contribution is 2.41.